The molecule has 4 aromatic rings. The van der Waals surface area contributed by atoms with Gasteiger partial charge in [0.15, 0.2) is 11.5 Å². The number of Topliss-reactive ketones (excluding diaryl/α,β-unsaturated/α-hetero) is 1. The van der Waals surface area contributed by atoms with Crippen molar-refractivity contribution < 1.29 is 18.4 Å². The van der Waals surface area contributed by atoms with E-state index in [4.69, 9.17) is 25.2 Å². The highest BCUT2D eigenvalue weighted by Crippen LogP contribution is 2.27. The summed E-state index contributed by atoms with van der Waals surface area (Å²) >= 11 is 6.05. The monoisotopic (exact) mass is 394 g/mol. The zero-order valence-electron chi connectivity index (χ0n) is 14.9. The third-order valence-corrected chi connectivity index (χ3v) is 4.42. The van der Waals surface area contributed by atoms with Crippen LogP contribution < -0.4 is 4.74 Å². The lowest BCUT2D eigenvalue weighted by Crippen LogP contribution is -2.05. The number of ketones is 1. The van der Waals surface area contributed by atoms with Crippen molar-refractivity contribution in [2.45, 2.75) is 6.42 Å². The molecule has 0 fully saturated rings. The Balaban J connectivity index is 1.59. The molecule has 0 N–H and O–H groups in total. The predicted octanol–water partition coefficient (Wildman–Crippen LogP) is 5.08. The van der Waals surface area contributed by atoms with Crippen molar-refractivity contribution in [1.82, 2.24) is 10.2 Å². The standard InChI is InChI=1S/C21H15ClN2O4/c1-26-18-8-7-16(22)11-15(18)12-17(25)13-4-2-5-14(10-13)20-23-24-21(28-20)19-6-3-9-27-19/h2-11H,12H2,1H3. The molecule has 2 aromatic heterocycles. The van der Waals surface area contributed by atoms with Crippen molar-refractivity contribution >= 4 is 17.4 Å². The van der Waals surface area contributed by atoms with E-state index in [-0.39, 0.29) is 18.1 Å². The highest BCUT2D eigenvalue weighted by Gasteiger charge is 2.16. The largest absolute Gasteiger partial charge is 0.496 e. The number of aromatic nitrogens is 2. The fourth-order valence-corrected chi connectivity index (χ4v) is 3.02. The Morgan fingerprint density at radius 1 is 1.07 bits per heavy atom. The molecule has 2 aromatic carbocycles. The molecule has 2 heterocycles. The molecule has 0 saturated heterocycles. The molecule has 7 heteroatoms. The fraction of sp³-hybridized carbons (Fsp3) is 0.0952. The number of carbonyl (C=O) groups excluding carboxylic acids is 1. The maximum absolute atomic E-state index is 12.8. The summed E-state index contributed by atoms with van der Waals surface area (Å²) in [5, 5.41) is 8.57. The molecule has 0 amide bonds. The quantitative estimate of drug-likeness (QED) is 0.424. The van der Waals surface area contributed by atoms with Gasteiger partial charge in [-0.2, -0.15) is 0 Å². The zero-order valence-corrected chi connectivity index (χ0v) is 15.6. The van der Waals surface area contributed by atoms with Gasteiger partial charge in [0.05, 0.1) is 13.4 Å². The SMILES string of the molecule is COc1ccc(Cl)cc1CC(=O)c1cccc(-c2nnc(-c3ccco3)o2)c1. The van der Waals surface area contributed by atoms with Gasteiger partial charge in [0.25, 0.3) is 5.89 Å². The van der Waals surface area contributed by atoms with Gasteiger partial charge >= 0.3 is 0 Å². The summed E-state index contributed by atoms with van der Waals surface area (Å²) in [5.74, 6) is 1.61. The lowest BCUT2D eigenvalue weighted by Gasteiger charge is -2.09. The first-order chi connectivity index (χ1) is 13.6. The molecular formula is C21H15ClN2O4. The van der Waals surface area contributed by atoms with Gasteiger partial charge in [0.2, 0.25) is 5.89 Å². The molecule has 0 aliphatic rings. The smallest absolute Gasteiger partial charge is 0.283 e. The van der Waals surface area contributed by atoms with Gasteiger partial charge in [0, 0.05) is 28.1 Å². The summed E-state index contributed by atoms with van der Waals surface area (Å²) in [6, 6.07) is 15.7. The maximum atomic E-state index is 12.8. The number of hydrogen-bond acceptors (Lipinski definition) is 6. The van der Waals surface area contributed by atoms with Crippen LogP contribution in [0.5, 0.6) is 5.75 Å². The van der Waals surface area contributed by atoms with Crippen LogP contribution >= 0.6 is 11.6 Å². The van der Waals surface area contributed by atoms with Gasteiger partial charge in [-0.25, -0.2) is 0 Å². The third-order valence-electron chi connectivity index (χ3n) is 4.18. The Morgan fingerprint density at radius 2 is 1.93 bits per heavy atom. The number of rotatable bonds is 6. The summed E-state index contributed by atoms with van der Waals surface area (Å²) in [7, 11) is 1.56. The number of ether oxygens (including phenoxy) is 1. The summed E-state index contributed by atoms with van der Waals surface area (Å²) < 4.78 is 16.2. The van der Waals surface area contributed by atoms with Crippen LogP contribution in [-0.4, -0.2) is 23.1 Å². The molecule has 0 saturated carbocycles. The average Bonchev–Trinajstić information content (AvgIpc) is 3.40. The Bertz CT molecular complexity index is 1120. The van der Waals surface area contributed by atoms with Gasteiger partial charge in [0.1, 0.15) is 5.75 Å². The summed E-state index contributed by atoms with van der Waals surface area (Å²) in [6.07, 6.45) is 1.69. The Hall–Kier alpha value is -3.38. The molecule has 6 nitrogen and oxygen atoms in total. The zero-order chi connectivity index (χ0) is 19.5. The first-order valence-electron chi connectivity index (χ1n) is 8.47. The van der Waals surface area contributed by atoms with E-state index in [1.807, 2.05) is 0 Å². The molecule has 0 radical (unpaired) electrons. The fourth-order valence-electron chi connectivity index (χ4n) is 2.83. The lowest BCUT2D eigenvalue weighted by atomic mass is 10.0. The Morgan fingerprint density at radius 3 is 2.71 bits per heavy atom. The molecule has 0 spiro atoms. The van der Waals surface area contributed by atoms with Crippen molar-refractivity contribution in [3.05, 3.63) is 77.0 Å². The van der Waals surface area contributed by atoms with Crippen LogP contribution in [0.4, 0.5) is 0 Å². The molecular weight excluding hydrogens is 380 g/mol. The predicted molar refractivity (Wildman–Crippen MR) is 103 cm³/mol. The normalized spacial score (nSPS) is 10.8. The van der Waals surface area contributed by atoms with Crippen LogP contribution in [0.25, 0.3) is 23.1 Å². The van der Waals surface area contributed by atoms with Gasteiger partial charge in [-0.15, -0.1) is 10.2 Å². The molecule has 0 aliphatic heterocycles. The van der Waals surface area contributed by atoms with Crippen molar-refractivity contribution in [2.24, 2.45) is 0 Å². The Labute approximate surface area is 165 Å². The van der Waals surface area contributed by atoms with E-state index in [2.05, 4.69) is 10.2 Å². The molecule has 28 heavy (non-hydrogen) atoms. The van der Waals surface area contributed by atoms with E-state index >= 15 is 0 Å². The van der Waals surface area contributed by atoms with Gasteiger partial charge < -0.3 is 13.6 Å². The second-order valence-electron chi connectivity index (χ2n) is 6.03. The summed E-state index contributed by atoms with van der Waals surface area (Å²) in [4.78, 5) is 12.8. The second-order valence-corrected chi connectivity index (χ2v) is 6.46. The van der Waals surface area contributed by atoms with E-state index in [0.717, 1.165) is 5.56 Å². The topological polar surface area (TPSA) is 78.4 Å². The first kappa shape index (κ1) is 18.0. The van der Waals surface area contributed by atoms with E-state index in [1.54, 1.807) is 61.7 Å². The van der Waals surface area contributed by atoms with Crippen LogP contribution in [0.2, 0.25) is 5.02 Å². The van der Waals surface area contributed by atoms with E-state index < -0.39 is 0 Å². The number of benzene rings is 2. The number of furan rings is 1. The van der Waals surface area contributed by atoms with Crippen molar-refractivity contribution in [2.75, 3.05) is 7.11 Å². The molecule has 0 unspecified atom stereocenters. The van der Waals surface area contributed by atoms with Gasteiger partial charge in [-0.3, -0.25) is 4.79 Å². The van der Waals surface area contributed by atoms with E-state index in [9.17, 15) is 4.79 Å². The maximum Gasteiger partial charge on any atom is 0.283 e. The average molecular weight is 395 g/mol. The minimum Gasteiger partial charge on any atom is -0.496 e. The minimum absolute atomic E-state index is 0.0757. The number of hydrogen-bond donors (Lipinski definition) is 0. The molecule has 140 valence electrons. The van der Waals surface area contributed by atoms with E-state index in [0.29, 0.717) is 33.6 Å². The molecule has 0 aliphatic carbocycles. The summed E-state index contributed by atoms with van der Waals surface area (Å²) in [5.41, 5.74) is 1.90. The molecule has 0 bridgehead atoms. The first-order valence-corrected chi connectivity index (χ1v) is 8.85. The van der Waals surface area contributed by atoms with Crippen LogP contribution in [0.1, 0.15) is 15.9 Å². The molecule has 0 atom stereocenters. The number of carbonyl (C=O) groups is 1. The third kappa shape index (κ3) is 3.68. The van der Waals surface area contributed by atoms with Gasteiger partial charge in [-0.1, -0.05) is 23.7 Å². The van der Waals surface area contributed by atoms with Crippen LogP contribution in [-0.2, 0) is 6.42 Å². The number of halogens is 1. The lowest BCUT2D eigenvalue weighted by molar-refractivity contribution is 0.0992. The second kappa shape index (κ2) is 7.70. The van der Waals surface area contributed by atoms with Gasteiger partial charge in [-0.05, 0) is 42.5 Å². The number of methoxy groups -OCH3 is 1. The minimum atomic E-state index is -0.0757. The van der Waals surface area contributed by atoms with Crippen LogP contribution in [0.15, 0.2) is 69.7 Å². The highest BCUT2D eigenvalue weighted by molar-refractivity contribution is 6.30. The van der Waals surface area contributed by atoms with Crippen molar-refractivity contribution in [1.29, 1.82) is 0 Å². The van der Waals surface area contributed by atoms with Crippen molar-refractivity contribution in [3.63, 3.8) is 0 Å². The molecule has 4 rings (SSSR count). The highest BCUT2D eigenvalue weighted by atomic mass is 35.5. The van der Waals surface area contributed by atoms with Crippen LogP contribution in [0.3, 0.4) is 0 Å². The summed E-state index contributed by atoms with van der Waals surface area (Å²) in [6.45, 7) is 0. The van der Waals surface area contributed by atoms with Crippen molar-refractivity contribution in [3.8, 4) is 28.9 Å². The van der Waals surface area contributed by atoms with E-state index in [1.165, 1.54) is 6.26 Å². The number of nitrogens with zero attached hydrogens (tertiary/aromatic N) is 2. The van der Waals surface area contributed by atoms with Crippen LogP contribution in [0, 0.1) is 0 Å². The Kier molecular flexibility index (Phi) is 4.95.